The van der Waals surface area contributed by atoms with E-state index in [1.807, 2.05) is 4.90 Å². The van der Waals surface area contributed by atoms with Gasteiger partial charge in [-0.25, -0.2) is 14.2 Å². The van der Waals surface area contributed by atoms with Crippen molar-refractivity contribution < 1.29 is 14.3 Å². The minimum absolute atomic E-state index is 0.0636. The molecule has 4 nitrogen and oxygen atoms in total. The number of nitrogens with zero attached hydrogens (tertiary/aromatic N) is 2. The van der Waals surface area contributed by atoms with E-state index in [1.54, 1.807) is 0 Å². The molecular weight excluding hydrogens is 223 g/mol. The van der Waals surface area contributed by atoms with Gasteiger partial charge in [0.25, 0.3) is 0 Å². The smallest absolute Gasteiger partial charge is 0.339 e. The highest BCUT2D eigenvalue weighted by Crippen LogP contribution is 2.28. The van der Waals surface area contributed by atoms with Crippen molar-refractivity contribution >= 4 is 11.8 Å². The van der Waals surface area contributed by atoms with Crippen LogP contribution in [0, 0.1) is 17.7 Å². The summed E-state index contributed by atoms with van der Waals surface area (Å²) in [6, 6.07) is 1.03. The second-order valence-electron chi connectivity index (χ2n) is 4.69. The molecule has 0 amide bonds. The van der Waals surface area contributed by atoms with Gasteiger partial charge in [-0.15, -0.1) is 0 Å². The number of carbonyl (C=O) groups is 1. The second-order valence-corrected chi connectivity index (χ2v) is 4.69. The summed E-state index contributed by atoms with van der Waals surface area (Å²) in [6.45, 7) is 5.77. The Morgan fingerprint density at radius 1 is 1.47 bits per heavy atom. The fraction of sp³-hybridized carbons (Fsp3) is 0.500. The molecule has 5 heteroatoms. The van der Waals surface area contributed by atoms with Gasteiger partial charge in [0.05, 0.1) is 6.20 Å². The van der Waals surface area contributed by atoms with Crippen LogP contribution in [-0.2, 0) is 0 Å². The summed E-state index contributed by atoms with van der Waals surface area (Å²) in [6.07, 6.45) is 1.06. The van der Waals surface area contributed by atoms with Gasteiger partial charge in [-0.3, -0.25) is 0 Å². The van der Waals surface area contributed by atoms with E-state index in [4.69, 9.17) is 5.11 Å². The minimum Gasteiger partial charge on any atom is -0.478 e. The Morgan fingerprint density at radius 2 is 2.06 bits per heavy atom. The molecule has 1 aliphatic heterocycles. The van der Waals surface area contributed by atoms with Gasteiger partial charge in [-0.1, -0.05) is 13.8 Å². The fourth-order valence-corrected chi connectivity index (χ4v) is 2.14. The number of aromatic carboxylic acids is 1. The summed E-state index contributed by atoms with van der Waals surface area (Å²) >= 11 is 0. The first-order valence-electron chi connectivity index (χ1n) is 5.63. The lowest BCUT2D eigenvalue weighted by molar-refractivity contribution is 0.0696. The Hall–Kier alpha value is -1.65. The maximum atomic E-state index is 13.0. The molecule has 2 rings (SSSR count). The lowest BCUT2D eigenvalue weighted by atomic mass is 10.0. The van der Waals surface area contributed by atoms with Crippen LogP contribution in [0.2, 0.25) is 0 Å². The van der Waals surface area contributed by atoms with E-state index in [9.17, 15) is 9.18 Å². The zero-order chi connectivity index (χ0) is 12.6. The molecule has 2 atom stereocenters. The van der Waals surface area contributed by atoms with Gasteiger partial charge >= 0.3 is 5.97 Å². The Kier molecular flexibility index (Phi) is 3.00. The molecule has 17 heavy (non-hydrogen) atoms. The normalized spacial score (nSPS) is 24.1. The van der Waals surface area contributed by atoms with Gasteiger partial charge in [-0.2, -0.15) is 0 Å². The van der Waals surface area contributed by atoms with Crippen LogP contribution in [0.4, 0.5) is 10.2 Å². The van der Waals surface area contributed by atoms with Crippen LogP contribution < -0.4 is 4.90 Å². The lowest BCUT2D eigenvalue weighted by Gasteiger charge is -2.18. The number of anilines is 1. The van der Waals surface area contributed by atoms with Crippen molar-refractivity contribution in [3.8, 4) is 0 Å². The monoisotopic (exact) mass is 238 g/mol. The van der Waals surface area contributed by atoms with Crippen LogP contribution in [0.1, 0.15) is 24.2 Å². The van der Waals surface area contributed by atoms with Gasteiger partial charge < -0.3 is 10.0 Å². The molecule has 0 bridgehead atoms. The fourth-order valence-electron chi connectivity index (χ4n) is 2.14. The highest BCUT2D eigenvalue weighted by molar-refractivity contribution is 5.93. The van der Waals surface area contributed by atoms with E-state index in [0.717, 1.165) is 25.4 Å². The average Bonchev–Trinajstić information content (AvgIpc) is 2.59. The van der Waals surface area contributed by atoms with Crippen LogP contribution in [0.5, 0.6) is 0 Å². The minimum atomic E-state index is -1.14. The van der Waals surface area contributed by atoms with E-state index in [1.165, 1.54) is 0 Å². The van der Waals surface area contributed by atoms with Gasteiger partial charge in [-0.05, 0) is 17.9 Å². The SMILES string of the molecule is CC1CN(c2ncc(F)cc2C(=O)O)CC1C. The molecule has 1 saturated heterocycles. The zero-order valence-electron chi connectivity index (χ0n) is 9.85. The first kappa shape index (κ1) is 11.8. The molecule has 0 radical (unpaired) electrons. The zero-order valence-corrected chi connectivity index (χ0v) is 9.85. The third-order valence-electron chi connectivity index (χ3n) is 3.35. The Morgan fingerprint density at radius 3 is 2.59 bits per heavy atom. The number of halogens is 1. The number of carboxylic acid groups (broad SMARTS) is 1. The molecule has 0 aliphatic carbocycles. The van der Waals surface area contributed by atoms with Gasteiger partial charge in [0.1, 0.15) is 17.2 Å². The van der Waals surface area contributed by atoms with Crippen molar-refractivity contribution in [2.24, 2.45) is 11.8 Å². The van der Waals surface area contributed by atoms with Crippen molar-refractivity contribution in [1.82, 2.24) is 4.98 Å². The summed E-state index contributed by atoms with van der Waals surface area (Å²) in [5.74, 6) is -0.409. The number of carboxylic acids is 1. The summed E-state index contributed by atoms with van der Waals surface area (Å²) in [4.78, 5) is 16.9. The largest absolute Gasteiger partial charge is 0.478 e. The van der Waals surface area contributed by atoms with Crippen molar-refractivity contribution in [2.45, 2.75) is 13.8 Å². The second kappa shape index (κ2) is 4.31. The molecule has 1 N–H and O–H groups in total. The molecule has 2 heterocycles. The van der Waals surface area contributed by atoms with E-state index >= 15 is 0 Å². The van der Waals surface area contributed by atoms with Crippen molar-refractivity contribution in [2.75, 3.05) is 18.0 Å². The van der Waals surface area contributed by atoms with E-state index in [0.29, 0.717) is 17.7 Å². The van der Waals surface area contributed by atoms with Crippen molar-refractivity contribution in [3.63, 3.8) is 0 Å². The summed E-state index contributed by atoms with van der Waals surface area (Å²) in [5, 5.41) is 9.05. The molecule has 1 aliphatic rings. The molecule has 0 aromatic carbocycles. The quantitative estimate of drug-likeness (QED) is 0.856. The first-order chi connectivity index (χ1) is 7.99. The van der Waals surface area contributed by atoms with Crippen molar-refractivity contribution in [3.05, 3.63) is 23.6 Å². The summed E-state index contributed by atoms with van der Waals surface area (Å²) < 4.78 is 13.0. The predicted octanol–water partition coefficient (Wildman–Crippen LogP) is 2.01. The molecule has 1 fully saturated rings. The number of aromatic nitrogens is 1. The molecule has 92 valence electrons. The van der Waals surface area contributed by atoms with Crippen molar-refractivity contribution in [1.29, 1.82) is 0 Å². The third-order valence-corrected chi connectivity index (χ3v) is 3.35. The van der Waals surface area contributed by atoms with Gasteiger partial charge in [0.15, 0.2) is 0 Å². The maximum absolute atomic E-state index is 13.0. The number of hydrogen-bond acceptors (Lipinski definition) is 3. The van der Waals surface area contributed by atoms with Crippen LogP contribution >= 0.6 is 0 Å². The summed E-state index contributed by atoms with van der Waals surface area (Å²) in [7, 11) is 0. The maximum Gasteiger partial charge on any atom is 0.339 e. The number of pyridine rings is 1. The molecule has 0 saturated carbocycles. The third kappa shape index (κ3) is 2.23. The van der Waals surface area contributed by atoms with Gasteiger partial charge in [0.2, 0.25) is 0 Å². The topological polar surface area (TPSA) is 53.4 Å². The van der Waals surface area contributed by atoms with E-state index in [-0.39, 0.29) is 5.56 Å². The van der Waals surface area contributed by atoms with Crippen LogP contribution in [0.25, 0.3) is 0 Å². The Bertz CT molecular complexity index is 440. The predicted molar refractivity (Wildman–Crippen MR) is 61.7 cm³/mol. The molecule has 1 aromatic heterocycles. The Balaban J connectivity index is 2.36. The molecule has 1 aromatic rings. The van der Waals surface area contributed by atoms with E-state index in [2.05, 4.69) is 18.8 Å². The molecular formula is C12H15FN2O2. The summed E-state index contributed by atoms with van der Waals surface area (Å²) in [5.41, 5.74) is -0.0636. The lowest BCUT2D eigenvalue weighted by Crippen LogP contribution is -2.23. The van der Waals surface area contributed by atoms with Crippen LogP contribution in [-0.4, -0.2) is 29.1 Å². The van der Waals surface area contributed by atoms with Crippen LogP contribution in [0.3, 0.4) is 0 Å². The van der Waals surface area contributed by atoms with Gasteiger partial charge in [0, 0.05) is 13.1 Å². The molecule has 2 unspecified atom stereocenters. The number of hydrogen-bond donors (Lipinski definition) is 1. The number of rotatable bonds is 2. The highest BCUT2D eigenvalue weighted by Gasteiger charge is 2.29. The average molecular weight is 238 g/mol. The van der Waals surface area contributed by atoms with E-state index < -0.39 is 11.8 Å². The Labute approximate surface area is 99.1 Å². The molecule has 0 spiro atoms. The highest BCUT2D eigenvalue weighted by atomic mass is 19.1. The standard InChI is InChI=1S/C12H15FN2O2/c1-7-5-15(6-8(7)2)11-10(12(16)17)3-9(13)4-14-11/h3-4,7-8H,5-6H2,1-2H3,(H,16,17). The first-order valence-corrected chi connectivity index (χ1v) is 5.63. The van der Waals surface area contributed by atoms with Crippen LogP contribution in [0.15, 0.2) is 12.3 Å².